The number of methoxy groups -OCH3 is 1. The van der Waals surface area contributed by atoms with Gasteiger partial charge < -0.3 is 10.1 Å². The number of carbonyl (C=O) groups is 2. The average molecular weight is 539 g/mol. The fraction of sp³-hybridized carbons (Fsp3) is 0.414. The lowest BCUT2D eigenvalue weighted by molar-refractivity contribution is -0.122. The van der Waals surface area contributed by atoms with Gasteiger partial charge in [0, 0.05) is 36.8 Å². The van der Waals surface area contributed by atoms with E-state index in [1.807, 2.05) is 31.2 Å². The summed E-state index contributed by atoms with van der Waals surface area (Å²) in [6.07, 6.45) is 0.669. The molecule has 4 rings (SSSR count). The van der Waals surface area contributed by atoms with E-state index in [9.17, 15) is 9.59 Å². The Balaban J connectivity index is 1.93. The number of rotatable bonds is 8. The molecule has 1 atom stereocenters. The van der Waals surface area contributed by atoms with Crippen LogP contribution in [-0.4, -0.2) is 54.2 Å². The van der Waals surface area contributed by atoms with Crippen LogP contribution in [-0.2, 0) is 19.7 Å². The van der Waals surface area contributed by atoms with Crippen molar-refractivity contribution in [1.82, 2.24) is 15.1 Å². The highest BCUT2D eigenvalue weighted by Gasteiger charge is 2.40. The number of benzene rings is 2. The van der Waals surface area contributed by atoms with Crippen molar-refractivity contribution in [3.8, 4) is 5.69 Å². The molecule has 3 aromatic rings. The molecule has 38 heavy (non-hydrogen) atoms. The van der Waals surface area contributed by atoms with Crippen LogP contribution in [0.2, 0.25) is 0 Å². The highest BCUT2D eigenvalue weighted by atomic mass is 32.2. The van der Waals surface area contributed by atoms with Crippen molar-refractivity contribution in [3.63, 3.8) is 0 Å². The summed E-state index contributed by atoms with van der Waals surface area (Å²) in [7, 11) is 1.61. The Labute approximate surface area is 227 Å². The van der Waals surface area contributed by atoms with E-state index in [1.165, 1.54) is 22.7 Å². The number of fused-ring (bicyclic) bond motifs is 1. The van der Waals surface area contributed by atoms with Gasteiger partial charge in [0.1, 0.15) is 18.2 Å². The zero-order valence-electron chi connectivity index (χ0n) is 22.6. The van der Waals surface area contributed by atoms with Crippen molar-refractivity contribution in [2.75, 3.05) is 37.5 Å². The Bertz CT molecular complexity index is 1320. The number of nitrogens with one attached hydrogen (secondary N) is 1. The van der Waals surface area contributed by atoms with E-state index in [4.69, 9.17) is 9.84 Å². The highest BCUT2D eigenvalue weighted by Crippen LogP contribution is 2.49. The van der Waals surface area contributed by atoms with E-state index >= 15 is 4.39 Å². The lowest BCUT2D eigenvalue weighted by atomic mass is 9.87. The first-order valence-corrected chi connectivity index (χ1v) is 13.8. The molecule has 0 saturated carbocycles. The molecule has 0 aliphatic carbocycles. The maximum atomic E-state index is 15.2. The molecule has 0 saturated heterocycles. The second-order valence-electron chi connectivity index (χ2n) is 10.4. The van der Waals surface area contributed by atoms with Gasteiger partial charge in [-0.2, -0.15) is 5.10 Å². The van der Waals surface area contributed by atoms with E-state index in [-0.39, 0.29) is 29.9 Å². The van der Waals surface area contributed by atoms with Crippen molar-refractivity contribution in [3.05, 3.63) is 76.7 Å². The number of nitrogens with zero attached hydrogens (tertiary/aromatic N) is 3. The van der Waals surface area contributed by atoms with E-state index in [1.54, 1.807) is 30.0 Å². The van der Waals surface area contributed by atoms with Gasteiger partial charge in [-0.05, 0) is 31.0 Å². The van der Waals surface area contributed by atoms with Crippen LogP contribution in [0.15, 0.2) is 48.5 Å². The largest absolute Gasteiger partial charge is 0.385 e. The molecule has 0 spiro atoms. The first-order chi connectivity index (χ1) is 18.1. The molecule has 2 aromatic carbocycles. The number of thioether (sulfide) groups is 1. The van der Waals surface area contributed by atoms with E-state index < -0.39 is 10.7 Å². The number of carbonyl (C=O) groups excluding carboxylic acids is 2. The normalized spacial score (nSPS) is 15.8. The van der Waals surface area contributed by atoms with Crippen molar-refractivity contribution in [1.29, 1.82) is 0 Å². The molecule has 7 nitrogen and oxygen atoms in total. The lowest BCUT2D eigenvalue weighted by Gasteiger charge is -2.25. The molecular weight excluding hydrogens is 503 g/mol. The molecule has 9 heteroatoms. The van der Waals surface area contributed by atoms with Crippen LogP contribution in [0, 0.1) is 12.7 Å². The Kier molecular flexibility index (Phi) is 8.57. The molecule has 202 valence electrons. The monoisotopic (exact) mass is 538 g/mol. The first kappa shape index (κ1) is 27.9. The van der Waals surface area contributed by atoms with Crippen LogP contribution in [0.5, 0.6) is 0 Å². The van der Waals surface area contributed by atoms with Gasteiger partial charge in [-0.1, -0.05) is 57.2 Å². The predicted octanol–water partition coefficient (Wildman–Crippen LogP) is 4.94. The zero-order valence-corrected chi connectivity index (χ0v) is 23.4. The number of hydrogen-bond acceptors (Lipinski definition) is 5. The number of anilines is 1. The van der Waals surface area contributed by atoms with Gasteiger partial charge in [0.2, 0.25) is 11.8 Å². The van der Waals surface area contributed by atoms with Gasteiger partial charge in [-0.15, -0.1) is 11.8 Å². The number of halogens is 1. The summed E-state index contributed by atoms with van der Waals surface area (Å²) in [5, 5.41) is 7.47. The molecule has 0 radical (unpaired) electrons. The zero-order chi connectivity index (χ0) is 27.4. The number of hydrogen-bond donors (Lipinski definition) is 1. The average Bonchev–Trinajstić information content (AvgIpc) is 3.21. The fourth-order valence-corrected chi connectivity index (χ4v) is 5.84. The number of amides is 2. The van der Waals surface area contributed by atoms with Crippen LogP contribution in [0.1, 0.15) is 54.8 Å². The molecule has 2 heterocycles. The maximum absolute atomic E-state index is 15.2. The smallest absolute Gasteiger partial charge is 0.240 e. The number of aryl methyl sites for hydroxylation is 1. The molecule has 0 bridgehead atoms. The fourth-order valence-electron chi connectivity index (χ4n) is 4.62. The Morgan fingerprint density at radius 1 is 1.18 bits per heavy atom. The summed E-state index contributed by atoms with van der Waals surface area (Å²) in [5.41, 5.74) is 3.37. The summed E-state index contributed by atoms with van der Waals surface area (Å²) in [6, 6.07) is 14.5. The molecule has 0 fully saturated rings. The van der Waals surface area contributed by atoms with Gasteiger partial charge in [0.15, 0.2) is 0 Å². The molecular formula is C29H35FN4O3S. The number of para-hydroxylation sites is 1. The Hall–Kier alpha value is -3.17. The van der Waals surface area contributed by atoms with Crippen LogP contribution >= 0.6 is 11.8 Å². The molecule has 1 aliphatic rings. The summed E-state index contributed by atoms with van der Waals surface area (Å²) >= 11 is 1.37. The van der Waals surface area contributed by atoms with Gasteiger partial charge >= 0.3 is 0 Å². The minimum absolute atomic E-state index is 0.0992. The van der Waals surface area contributed by atoms with Gasteiger partial charge in [-0.25, -0.2) is 9.07 Å². The molecule has 1 N–H and O–H groups in total. The number of ether oxygens (including phenoxy) is 1. The SMILES string of the molecule is COCCCNC(=O)CN1C(=O)CSC(c2ccccc2F)c2c(C(C)(C)C)nn(-c3ccccc3C)c21. The lowest BCUT2D eigenvalue weighted by Crippen LogP contribution is -2.42. The van der Waals surface area contributed by atoms with E-state index in [2.05, 4.69) is 26.1 Å². The molecule has 1 aromatic heterocycles. The third kappa shape index (κ3) is 5.78. The van der Waals surface area contributed by atoms with Crippen LogP contribution < -0.4 is 10.2 Å². The van der Waals surface area contributed by atoms with Crippen molar-refractivity contribution < 1.29 is 18.7 Å². The molecule has 1 unspecified atom stereocenters. The third-order valence-corrected chi connectivity index (χ3v) is 7.72. The Morgan fingerprint density at radius 2 is 1.89 bits per heavy atom. The van der Waals surface area contributed by atoms with Crippen molar-refractivity contribution in [2.45, 2.75) is 44.8 Å². The van der Waals surface area contributed by atoms with Crippen LogP contribution in [0.4, 0.5) is 10.2 Å². The second-order valence-corrected chi connectivity index (χ2v) is 11.5. The first-order valence-electron chi connectivity index (χ1n) is 12.7. The summed E-state index contributed by atoms with van der Waals surface area (Å²) in [4.78, 5) is 28.2. The predicted molar refractivity (Wildman–Crippen MR) is 150 cm³/mol. The van der Waals surface area contributed by atoms with Crippen LogP contribution in [0.3, 0.4) is 0 Å². The standard InChI is InChI=1S/C29H35FN4O3S/c1-19-11-6-9-14-22(19)34-28-25(27(32-34)29(2,3)4)26(20-12-7-8-13-21(20)30)38-18-24(36)33(28)17-23(35)31-15-10-16-37-5/h6-9,11-14,26H,10,15-18H2,1-5H3,(H,31,35). The van der Waals surface area contributed by atoms with Crippen LogP contribution in [0.25, 0.3) is 5.69 Å². The van der Waals surface area contributed by atoms with Gasteiger partial charge in [-0.3, -0.25) is 14.5 Å². The summed E-state index contributed by atoms with van der Waals surface area (Å²) in [5.74, 6) is -0.222. The van der Waals surface area contributed by atoms with E-state index in [0.29, 0.717) is 31.0 Å². The third-order valence-electron chi connectivity index (χ3n) is 6.48. The van der Waals surface area contributed by atoms with Crippen molar-refractivity contribution in [2.24, 2.45) is 0 Å². The molecule has 2 amide bonds. The highest BCUT2D eigenvalue weighted by molar-refractivity contribution is 8.00. The topological polar surface area (TPSA) is 76.5 Å². The minimum atomic E-state index is -0.475. The quantitative estimate of drug-likeness (QED) is 0.411. The molecule has 1 aliphatic heterocycles. The van der Waals surface area contributed by atoms with E-state index in [0.717, 1.165) is 22.5 Å². The van der Waals surface area contributed by atoms with Gasteiger partial charge in [0.05, 0.1) is 22.4 Å². The second kappa shape index (κ2) is 11.7. The minimum Gasteiger partial charge on any atom is -0.385 e. The maximum Gasteiger partial charge on any atom is 0.240 e. The Morgan fingerprint density at radius 3 is 2.58 bits per heavy atom. The van der Waals surface area contributed by atoms with Crippen molar-refractivity contribution >= 4 is 29.4 Å². The van der Waals surface area contributed by atoms with Gasteiger partial charge in [0.25, 0.3) is 0 Å². The number of aromatic nitrogens is 2. The summed E-state index contributed by atoms with van der Waals surface area (Å²) < 4.78 is 22.0. The summed E-state index contributed by atoms with van der Waals surface area (Å²) in [6.45, 7) is 8.96.